The quantitative estimate of drug-likeness (QED) is 0.827. The van der Waals surface area contributed by atoms with Crippen LogP contribution in [-0.2, 0) is 15.6 Å². The maximum atomic E-state index is 13.1. The zero-order valence-corrected chi connectivity index (χ0v) is 16.0. The second-order valence-corrected chi connectivity index (χ2v) is 8.90. The van der Waals surface area contributed by atoms with E-state index in [1.807, 2.05) is 6.07 Å². The van der Waals surface area contributed by atoms with E-state index in [1.165, 1.54) is 4.31 Å². The van der Waals surface area contributed by atoms with Crippen LogP contribution in [0, 0.1) is 0 Å². The van der Waals surface area contributed by atoms with Gasteiger partial charge in [0.25, 0.3) is 0 Å². The van der Waals surface area contributed by atoms with Crippen molar-refractivity contribution in [1.29, 1.82) is 0 Å². The number of halogens is 3. The predicted octanol–water partition coefficient (Wildman–Crippen LogP) is 3.77. The number of benzene rings is 1. The fraction of sp³-hybridized carbons (Fsp3) is 0.421. The molecule has 5 nitrogen and oxygen atoms in total. The molecule has 9 heteroatoms. The molecule has 3 rings (SSSR count). The zero-order chi connectivity index (χ0) is 20.6. The molecule has 2 atom stereocenters. The first-order chi connectivity index (χ1) is 13.0. The molecule has 1 aliphatic rings. The molecule has 0 bridgehead atoms. The first kappa shape index (κ1) is 20.8. The van der Waals surface area contributed by atoms with Crippen LogP contribution >= 0.6 is 0 Å². The average Bonchev–Trinajstić information content (AvgIpc) is 2.68. The first-order valence-electron chi connectivity index (χ1n) is 8.86. The van der Waals surface area contributed by atoms with E-state index in [0.717, 1.165) is 36.2 Å². The monoisotopic (exact) mass is 414 g/mol. The van der Waals surface area contributed by atoms with Crippen molar-refractivity contribution >= 4 is 10.0 Å². The summed E-state index contributed by atoms with van der Waals surface area (Å²) in [5.41, 5.74) is -2.69. The summed E-state index contributed by atoms with van der Waals surface area (Å²) in [4.78, 5) is 3.95. The highest BCUT2D eigenvalue weighted by molar-refractivity contribution is 7.89. The van der Waals surface area contributed by atoms with Gasteiger partial charge < -0.3 is 5.11 Å². The lowest BCUT2D eigenvalue weighted by Crippen LogP contribution is -2.39. The number of piperidine rings is 1. The van der Waals surface area contributed by atoms with Crippen LogP contribution in [-0.4, -0.2) is 35.5 Å². The highest BCUT2D eigenvalue weighted by Crippen LogP contribution is 2.39. The van der Waals surface area contributed by atoms with Crippen molar-refractivity contribution in [3.8, 4) is 0 Å². The number of rotatable bonds is 4. The summed E-state index contributed by atoms with van der Waals surface area (Å²) in [5, 5.41) is 9.76. The van der Waals surface area contributed by atoms with Crippen LogP contribution < -0.4 is 0 Å². The van der Waals surface area contributed by atoms with Crippen LogP contribution in [0.5, 0.6) is 0 Å². The summed E-state index contributed by atoms with van der Waals surface area (Å²) < 4.78 is 66.7. The third kappa shape index (κ3) is 3.78. The Balaban J connectivity index is 1.93. The van der Waals surface area contributed by atoms with Crippen molar-refractivity contribution in [3.05, 3.63) is 59.9 Å². The second-order valence-electron chi connectivity index (χ2n) is 7.01. The first-order valence-corrected chi connectivity index (χ1v) is 10.3. The number of aromatic nitrogens is 1. The fourth-order valence-electron chi connectivity index (χ4n) is 3.35. The summed E-state index contributed by atoms with van der Waals surface area (Å²) in [6.07, 6.45) is 0.589. The van der Waals surface area contributed by atoms with E-state index in [2.05, 4.69) is 4.98 Å². The zero-order valence-electron chi connectivity index (χ0n) is 15.2. The van der Waals surface area contributed by atoms with E-state index in [4.69, 9.17) is 0 Å². The Morgan fingerprint density at radius 2 is 1.82 bits per heavy atom. The molecule has 2 aromatic rings. The van der Waals surface area contributed by atoms with Crippen LogP contribution in [0.3, 0.4) is 0 Å². The van der Waals surface area contributed by atoms with E-state index >= 15 is 0 Å². The highest BCUT2D eigenvalue weighted by atomic mass is 32.2. The summed E-state index contributed by atoms with van der Waals surface area (Å²) >= 11 is 0. The number of pyridine rings is 1. The van der Waals surface area contributed by atoms with Gasteiger partial charge in [0.1, 0.15) is 0 Å². The lowest BCUT2D eigenvalue weighted by molar-refractivity contribution is -0.258. The van der Waals surface area contributed by atoms with Gasteiger partial charge in [-0.25, -0.2) is 8.42 Å². The Labute approximate surface area is 161 Å². The van der Waals surface area contributed by atoms with Gasteiger partial charge in [-0.3, -0.25) is 4.98 Å². The molecule has 0 radical (unpaired) electrons. The Morgan fingerprint density at radius 1 is 1.14 bits per heavy atom. The van der Waals surface area contributed by atoms with Gasteiger partial charge in [-0.15, -0.1) is 0 Å². The third-order valence-electron chi connectivity index (χ3n) is 5.10. The minimum atomic E-state index is -4.87. The van der Waals surface area contributed by atoms with Gasteiger partial charge in [-0.2, -0.15) is 17.5 Å². The third-order valence-corrected chi connectivity index (χ3v) is 7.02. The van der Waals surface area contributed by atoms with E-state index in [9.17, 15) is 26.7 Å². The molecule has 0 saturated carbocycles. The molecule has 1 saturated heterocycles. The van der Waals surface area contributed by atoms with Crippen LogP contribution in [0.25, 0.3) is 0 Å². The Kier molecular flexibility index (Phi) is 5.53. The van der Waals surface area contributed by atoms with Crippen LogP contribution in [0.1, 0.15) is 43.4 Å². The number of sulfonamides is 1. The molecule has 1 aromatic carbocycles. The van der Waals surface area contributed by atoms with Gasteiger partial charge in [-0.05, 0) is 49.1 Å². The van der Waals surface area contributed by atoms with E-state index in [1.54, 1.807) is 18.5 Å². The molecular weight excluding hydrogens is 393 g/mol. The maximum Gasteiger partial charge on any atom is 0.421 e. The highest BCUT2D eigenvalue weighted by Gasteiger charge is 2.51. The normalized spacial score (nSPS) is 21.2. The van der Waals surface area contributed by atoms with Crippen LogP contribution in [0.15, 0.2) is 53.7 Å². The van der Waals surface area contributed by atoms with E-state index in [-0.39, 0.29) is 10.9 Å². The molecular formula is C19H21F3N2O3S. The van der Waals surface area contributed by atoms with Crippen LogP contribution in [0.2, 0.25) is 0 Å². The Bertz CT molecular complexity index is 914. The molecule has 1 N–H and O–H groups in total. The minimum Gasteiger partial charge on any atom is -0.376 e. The number of hydrogen-bond donors (Lipinski definition) is 1. The molecule has 152 valence electrons. The molecule has 0 aliphatic carbocycles. The van der Waals surface area contributed by atoms with Gasteiger partial charge in [0.05, 0.1) is 10.9 Å². The van der Waals surface area contributed by atoms with Crippen molar-refractivity contribution < 1.29 is 26.7 Å². The van der Waals surface area contributed by atoms with E-state index in [0.29, 0.717) is 26.3 Å². The topological polar surface area (TPSA) is 70.5 Å². The fourth-order valence-corrected chi connectivity index (χ4v) is 5.03. The predicted molar refractivity (Wildman–Crippen MR) is 96.8 cm³/mol. The minimum absolute atomic E-state index is 0.106. The molecule has 1 aromatic heterocycles. The smallest absolute Gasteiger partial charge is 0.376 e. The summed E-state index contributed by atoms with van der Waals surface area (Å²) in [6, 6.07) is 7.41. The summed E-state index contributed by atoms with van der Waals surface area (Å²) in [7, 11) is -3.91. The molecule has 1 fully saturated rings. The summed E-state index contributed by atoms with van der Waals surface area (Å²) in [6.45, 7) is 0.962. The Morgan fingerprint density at radius 3 is 2.39 bits per heavy atom. The second kappa shape index (κ2) is 7.46. The SMILES string of the molecule is CC(O)(c1ccc(S(=O)(=O)N2CCCCC2c2cccnc2)cc1)C(F)(F)F. The van der Waals surface area contributed by atoms with Crippen molar-refractivity contribution in [2.24, 2.45) is 0 Å². The van der Waals surface area contributed by atoms with Gasteiger partial charge in [0.2, 0.25) is 10.0 Å². The molecule has 28 heavy (non-hydrogen) atoms. The lowest BCUT2D eigenvalue weighted by atomic mass is 9.96. The van der Waals surface area contributed by atoms with Crippen LogP contribution in [0.4, 0.5) is 13.2 Å². The standard InChI is InChI=1S/C19H21F3N2O3S/c1-18(25,19(20,21)22)15-7-9-16(10-8-15)28(26,27)24-12-3-2-6-17(24)14-5-4-11-23-13-14/h4-5,7-11,13,17,25H,2-3,6,12H2,1H3. The van der Waals surface area contributed by atoms with E-state index < -0.39 is 27.4 Å². The van der Waals surface area contributed by atoms with Gasteiger partial charge in [0, 0.05) is 18.9 Å². The molecule has 0 amide bonds. The maximum absolute atomic E-state index is 13.1. The number of alkyl halides is 3. The molecule has 2 unspecified atom stereocenters. The molecule has 1 aliphatic heterocycles. The Hall–Kier alpha value is -1.97. The number of aliphatic hydroxyl groups is 1. The molecule has 2 heterocycles. The number of hydrogen-bond acceptors (Lipinski definition) is 4. The summed E-state index contributed by atoms with van der Waals surface area (Å²) in [5.74, 6) is 0. The average molecular weight is 414 g/mol. The van der Waals surface area contributed by atoms with Gasteiger partial charge >= 0.3 is 6.18 Å². The van der Waals surface area contributed by atoms with Gasteiger partial charge in [-0.1, -0.05) is 24.6 Å². The van der Waals surface area contributed by atoms with Crippen molar-refractivity contribution in [3.63, 3.8) is 0 Å². The van der Waals surface area contributed by atoms with Crippen molar-refractivity contribution in [1.82, 2.24) is 9.29 Å². The van der Waals surface area contributed by atoms with Crippen molar-refractivity contribution in [2.75, 3.05) is 6.54 Å². The molecule has 0 spiro atoms. The van der Waals surface area contributed by atoms with Crippen molar-refractivity contribution in [2.45, 2.75) is 48.9 Å². The largest absolute Gasteiger partial charge is 0.421 e. The number of nitrogens with zero attached hydrogens (tertiary/aromatic N) is 2. The lowest BCUT2D eigenvalue weighted by Gasteiger charge is -2.35. The van der Waals surface area contributed by atoms with Gasteiger partial charge in [0.15, 0.2) is 5.60 Å².